The van der Waals surface area contributed by atoms with Crippen molar-refractivity contribution in [3.63, 3.8) is 0 Å². The second-order valence-corrected chi connectivity index (χ2v) is 7.30. The molecule has 130 valence electrons. The van der Waals surface area contributed by atoms with Crippen molar-refractivity contribution in [1.82, 2.24) is 6.15 Å². The number of alkyl halides is 1. The van der Waals surface area contributed by atoms with Gasteiger partial charge in [0.2, 0.25) is 0 Å². The summed E-state index contributed by atoms with van der Waals surface area (Å²) in [5, 5.41) is 0. The Balaban J connectivity index is 0. The zero-order valence-electron chi connectivity index (χ0n) is 15.4. The molecule has 0 radical (unpaired) electrons. The van der Waals surface area contributed by atoms with Crippen molar-refractivity contribution in [2.45, 2.75) is 116 Å². The van der Waals surface area contributed by atoms with Crippen LogP contribution in [0.3, 0.4) is 0 Å². The quantitative estimate of drug-likeness (QED) is 0.256. The average molecular weight is 320 g/mol. The van der Waals surface area contributed by atoms with Crippen LogP contribution < -0.4 is 6.15 Å². The summed E-state index contributed by atoms with van der Waals surface area (Å²) in [5.41, 5.74) is 0. The molecule has 2 heteroatoms. The van der Waals surface area contributed by atoms with Gasteiger partial charge in [-0.05, 0) is 25.2 Å². The summed E-state index contributed by atoms with van der Waals surface area (Å²) in [6.07, 6.45) is 17.0. The summed E-state index contributed by atoms with van der Waals surface area (Å²) in [5.74, 6) is 0.726. The summed E-state index contributed by atoms with van der Waals surface area (Å²) in [4.78, 5) is 0.0901. The molecule has 0 aliphatic heterocycles. The summed E-state index contributed by atoms with van der Waals surface area (Å²) in [7, 11) is 0. The van der Waals surface area contributed by atoms with Crippen molar-refractivity contribution >= 4 is 11.6 Å². The molecule has 1 unspecified atom stereocenters. The number of halogens is 1. The number of rotatable bonds is 14. The van der Waals surface area contributed by atoms with Crippen molar-refractivity contribution in [2.75, 3.05) is 0 Å². The van der Waals surface area contributed by atoms with Crippen LogP contribution in [0.15, 0.2) is 0 Å². The van der Waals surface area contributed by atoms with E-state index in [1.54, 1.807) is 0 Å². The Kier molecular flexibility index (Phi) is 17.0. The Labute approximate surface area is 140 Å². The fourth-order valence-corrected chi connectivity index (χ4v) is 3.87. The second-order valence-electron chi connectivity index (χ2n) is 6.55. The number of hydrogen-bond acceptors (Lipinski definition) is 1. The van der Waals surface area contributed by atoms with Crippen LogP contribution >= 0.6 is 11.6 Å². The van der Waals surface area contributed by atoms with Gasteiger partial charge in [-0.3, -0.25) is 0 Å². The van der Waals surface area contributed by atoms with Crippen LogP contribution in [0, 0.1) is 5.92 Å². The van der Waals surface area contributed by atoms with E-state index >= 15 is 0 Å². The lowest BCUT2D eigenvalue weighted by Crippen LogP contribution is -2.32. The molecule has 0 saturated heterocycles. The predicted octanol–water partition coefficient (Wildman–Crippen LogP) is 7.89. The standard InChI is InChI=1S/C19H39Cl.H3N/c1-5-9-12-15-18(8-4)19(20,16-13-10-6-2)17-14-11-7-3;/h18H,5-17H2,1-4H3;1H3. The average Bonchev–Trinajstić information content (AvgIpc) is 2.44. The topological polar surface area (TPSA) is 35.0 Å². The van der Waals surface area contributed by atoms with Gasteiger partial charge in [0.15, 0.2) is 0 Å². The van der Waals surface area contributed by atoms with Crippen LogP contribution in [-0.4, -0.2) is 4.87 Å². The van der Waals surface area contributed by atoms with Gasteiger partial charge in [0, 0.05) is 4.87 Å². The summed E-state index contributed by atoms with van der Waals surface area (Å²) < 4.78 is 0. The first-order chi connectivity index (χ1) is 9.64. The van der Waals surface area contributed by atoms with E-state index in [1.807, 2.05) is 0 Å². The van der Waals surface area contributed by atoms with E-state index < -0.39 is 0 Å². The monoisotopic (exact) mass is 319 g/mol. The van der Waals surface area contributed by atoms with Gasteiger partial charge >= 0.3 is 0 Å². The van der Waals surface area contributed by atoms with Gasteiger partial charge in [0.25, 0.3) is 0 Å². The van der Waals surface area contributed by atoms with Crippen LogP contribution in [0.2, 0.25) is 0 Å². The number of unbranched alkanes of at least 4 members (excludes halogenated alkanes) is 6. The normalized spacial score (nSPS) is 13.0. The van der Waals surface area contributed by atoms with Gasteiger partial charge in [-0.25, -0.2) is 0 Å². The minimum Gasteiger partial charge on any atom is -0.344 e. The molecule has 0 rings (SSSR count). The molecule has 0 saturated carbocycles. The smallest absolute Gasteiger partial charge is 0.0474 e. The van der Waals surface area contributed by atoms with Gasteiger partial charge in [-0.1, -0.05) is 91.9 Å². The molecule has 0 bridgehead atoms. The molecular weight excluding hydrogens is 278 g/mol. The van der Waals surface area contributed by atoms with Crippen molar-refractivity contribution in [3.8, 4) is 0 Å². The molecule has 0 aromatic carbocycles. The lowest BCUT2D eigenvalue weighted by atomic mass is 9.78. The third kappa shape index (κ3) is 10.6. The molecular formula is C19H42ClN. The molecule has 0 aliphatic rings. The summed E-state index contributed by atoms with van der Waals surface area (Å²) in [6, 6.07) is 0. The third-order valence-corrected chi connectivity index (χ3v) is 5.46. The maximum absolute atomic E-state index is 7.16. The first kappa shape index (κ1) is 23.5. The molecule has 0 amide bonds. The van der Waals surface area contributed by atoms with Crippen molar-refractivity contribution in [3.05, 3.63) is 0 Å². The Morgan fingerprint density at radius 2 is 1.14 bits per heavy atom. The lowest BCUT2D eigenvalue weighted by molar-refractivity contribution is 0.279. The molecule has 0 aliphatic carbocycles. The molecule has 0 spiro atoms. The Morgan fingerprint density at radius 1 is 0.714 bits per heavy atom. The molecule has 1 atom stereocenters. The van der Waals surface area contributed by atoms with E-state index in [9.17, 15) is 0 Å². The Hall–Kier alpha value is 0.250. The largest absolute Gasteiger partial charge is 0.344 e. The second kappa shape index (κ2) is 15.2. The predicted molar refractivity (Wildman–Crippen MR) is 99.8 cm³/mol. The van der Waals surface area contributed by atoms with Gasteiger partial charge in [0.1, 0.15) is 0 Å². The highest BCUT2D eigenvalue weighted by molar-refractivity contribution is 6.24. The fraction of sp³-hybridized carbons (Fsp3) is 1.00. The van der Waals surface area contributed by atoms with Crippen LogP contribution in [0.5, 0.6) is 0 Å². The Bertz CT molecular complexity index is 196. The van der Waals surface area contributed by atoms with E-state index in [-0.39, 0.29) is 11.0 Å². The van der Waals surface area contributed by atoms with Gasteiger partial charge in [-0.15, -0.1) is 11.6 Å². The van der Waals surface area contributed by atoms with E-state index in [0.29, 0.717) is 0 Å². The maximum Gasteiger partial charge on any atom is 0.0474 e. The SMILES string of the molecule is CCCCCC(CC)C(Cl)(CCCCC)CCCCC.N. The minimum atomic E-state index is 0. The highest BCUT2D eigenvalue weighted by atomic mass is 35.5. The van der Waals surface area contributed by atoms with Crippen molar-refractivity contribution in [2.24, 2.45) is 5.92 Å². The highest BCUT2D eigenvalue weighted by Gasteiger charge is 2.34. The third-order valence-electron chi connectivity index (χ3n) is 4.77. The minimum absolute atomic E-state index is 0. The van der Waals surface area contributed by atoms with E-state index in [2.05, 4.69) is 27.7 Å². The van der Waals surface area contributed by atoms with Crippen LogP contribution in [0.1, 0.15) is 111 Å². The van der Waals surface area contributed by atoms with E-state index in [0.717, 1.165) is 5.92 Å². The Morgan fingerprint density at radius 3 is 1.52 bits per heavy atom. The molecule has 0 aromatic rings. The molecule has 21 heavy (non-hydrogen) atoms. The zero-order valence-corrected chi connectivity index (χ0v) is 16.1. The molecule has 3 N–H and O–H groups in total. The highest BCUT2D eigenvalue weighted by Crippen LogP contribution is 2.41. The fourth-order valence-electron chi connectivity index (χ4n) is 3.34. The van der Waals surface area contributed by atoms with Crippen LogP contribution in [-0.2, 0) is 0 Å². The van der Waals surface area contributed by atoms with Crippen LogP contribution in [0.4, 0.5) is 0 Å². The van der Waals surface area contributed by atoms with Gasteiger partial charge < -0.3 is 6.15 Å². The number of hydrogen-bond donors (Lipinski definition) is 1. The lowest BCUT2D eigenvalue weighted by Gasteiger charge is -2.36. The van der Waals surface area contributed by atoms with Crippen molar-refractivity contribution in [1.29, 1.82) is 0 Å². The summed E-state index contributed by atoms with van der Waals surface area (Å²) >= 11 is 7.16. The first-order valence-corrected chi connectivity index (χ1v) is 9.71. The van der Waals surface area contributed by atoms with E-state index in [4.69, 9.17) is 11.6 Å². The molecule has 0 fully saturated rings. The van der Waals surface area contributed by atoms with Crippen LogP contribution in [0.25, 0.3) is 0 Å². The molecule has 1 nitrogen and oxygen atoms in total. The van der Waals surface area contributed by atoms with E-state index in [1.165, 1.54) is 83.5 Å². The van der Waals surface area contributed by atoms with Gasteiger partial charge in [-0.2, -0.15) is 0 Å². The van der Waals surface area contributed by atoms with Gasteiger partial charge in [0.05, 0.1) is 0 Å². The molecule has 0 aromatic heterocycles. The maximum atomic E-state index is 7.16. The molecule has 0 heterocycles. The summed E-state index contributed by atoms with van der Waals surface area (Å²) in [6.45, 7) is 9.20. The first-order valence-electron chi connectivity index (χ1n) is 9.33. The zero-order chi connectivity index (χ0) is 15.3. The van der Waals surface area contributed by atoms with Crippen molar-refractivity contribution < 1.29 is 0 Å².